The maximum Gasteiger partial charge on any atom is 0.237 e. The maximum absolute atomic E-state index is 11.7. The zero-order valence-electron chi connectivity index (χ0n) is 29.8. The van der Waals surface area contributed by atoms with Crippen LogP contribution in [0.2, 0.25) is 5.02 Å². The molecule has 4 aliphatic rings. The molecule has 0 unspecified atom stereocenters. The molecule has 2 atom stereocenters. The zero-order valence-corrected chi connectivity index (χ0v) is 30.5. The lowest BCUT2D eigenvalue weighted by molar-refractivity contribution is -0.157. The van der Waals surface area contributed by atoms with E-state index in [1.165, 1.54) is 0 Å². The van der Waals surface area contributed by atoms with Crippen molar-refractivity contribution in [3.8, 4) is 51.2 Å². The van der Waals surface area contributed by atoms with Crippen LogP contribution in [0, 0.1) is 12.3 Å². The summed E-state index contributed by atoms with van der Waals surface area (Å²) in [5, 5.41) is 7.08. The third-order valence-electron chi connectivity index (χ3n) is 10.8. The lowest BCUT2D eigenvalue weighted by Gasteiger charge is -2.60. The first kappa shape index (κ1) is 34.3. The van der Waals surface area contributed by atoms with Gasteiger partial charge < -0.3 is 29.7 Å². The molecule has 0 aliphatic carbocycles. The molecular weight excluding hydrogens is 682 g/mol. The summed E-state index contributed by atoms with van der Waals surface area (Å²) in [7, 11) is 3.23. The number of benzene rings is 2. The van der Waals surface area contributed by atoms with Crippen LogP contribution in [-0.2, 0) is 16.1 Å². The predicted molar refractivity (Wildman–Crippen MR) is 196 cm³/mol. The van der Waals surface area contributed by atoms with E-state index < -0.39 is 0 Å². The molecule has 2 amide bonds. The van der Waals surface area contributed by atoms with Crippen molar-refractivity contribution in [3.05, 3.63) is 70.5 Å². The molecule has 1 spiro atoms. The number of nitrogens with zero attached hydrogens (tertiary/aromatic N) is 5. The van der Waals surface area contributed by atoms with E-state index >= 15 is 0 Å². The Morgan fingerprint density at radius 2 is 1.73 bits per heavy atom. The fourth-order valence-electron chi connectivity index (χ4n) is 8.13. The van der Waals surface area contributed by atoms with Crippen LogP contribution in [0.4, 0.5) is 0 Å². The molecule has 3 saturated heterocycles. The Bertz CT molecular complexity index is 2060. The summed E-state index contributed by atoms with van der Waals surface area (Å²) in [4.78, 5) is 42.1. The van der Waals surface area contributed by atoms with Crippen LogP contribution in [-0.4, -0.2) is 96.2 Å². The predicted octanol–water partition coefficient (Wildman–Crippen LogP) is 4.82. The second kappa shape index (κ2) is 13.6. The standard InChI is InChI=1S/C39H42ClN7O5/c1-22-25(7-5-8-26(22)30-15-42-31(37(45-30)50-3)16-46-18-39(19-46)20-47(21-39)23(2)48)27-9-6-10-28(36(27)40)29-13-33-35(38(44-29)51-4)32(17-52-33)41-14-24-11-12-34(49)43-24/h5-10,13,15,24,32,41H,11-12,14,16-21H2,1-4H3,(H,43,49)/t24-,32-/m0/s1. The van der Waals surface area contributed by atoms with Gasteiger partial charge in [-0.2, -0.15) is 0 Å². The normalized spacial score (nSPS) is 20.2. The Hall–Kier alpha value is -4.78. The number of pyridine rings is 1. The Kier molecular flexibility index (Phi) is 9.01. The molecule has 8 rings (SSSR count). The summed E-state index contributed by atoms with van der Waals surface area (Å²) < 4.78 is 17.6. The SMILES string of the molecule is COc1nc(-c2cccc(-c3cccc(-c4cc5c(c(OC)n4)[C@@H](NC[C@@H]4CCC(=O)N4)CO5)c3Cl)c2C)cnc1CN1CC2(C1)CN(C(C)=O)C2. The number of fused-ring (bicyclic) bond motifs is 1. The topological polar surface area (TPSA) is 131 Å². The molecule has 0 bridgehead atoms. The van der Waals surface area contributed by atoms with Gasteiger partial charge in [-0.15, -0.1) is 0 Å². The van der Waals surface area contributed by atoms with Gasteiger partial charge in [0.2, 0.25) is 23.6 Å². The van der Waals surface area contributed by atoms with E-state index in [-0.39, 0.29) is 29.3 Å². The summed E-state index contributed by atoms with van der Waals surface area (Å²) in [6.07, 6.45) is 3.18. The van der Waals surface area contributed by atoms with Crippen molar-refractivity contribution >= 4 is 23.4 Å². The highest BCUT2D eigenvalue weighted by molar-refractivity contribution is 6.36. The molecule has 13 heteroatoms. The van der Waals surface area contributed by atoms with Gasteiger partial charge in [0.25, 0.3) is 0 Å². The Morgan fingerprint density at radius 1 is 1.02 bits per heavy atom. The molecule has 6 heterocycles. The van der Waals surface area contributed by atoms with Crippen molar-refractivity contribution in [2.24, 2.45) is 5.41 Å². The highest BCUT2D eigenvalue weighted by Crippen LogP contribution is 2.45. The minimum Gasteiger partial charge on any atom is -0.491 e. The number of methoxy groups -OCH3 is 2. The molecule has 52 heavy (non-hydrogen) atoms. The number of hydrogen-bond donors (Lipinski definition) is 2. The number of nitrogens with one attached hydrogen (secondary N) is 2. The Balaban J connectivity index is 1.02. The quantitative estimate of drug-likeness (QED) is 0.235. The van der Waals surface area contributed by atoms with Gasteiger partial charge in [0.15, 0.2) is 0 Å². The van der Waals surface area contributed by atoms with E-state index in [1.807, 2.05) is 47.5 Å². The van der Waals surface area contributed by atoms with Crippen LogP contribution in [0.5, 0.6) is 17.5 Å². The minimum atomic E-state index is -0.109. The van der Waals surface area contributed by atoms with Crippen molar-refractivity contribution in [2.45, 2.75) is 45.3 Å². The molecule has 2 aromatic carbocycles. The molecule has 0 saturated carbocycles. The fraction of sp³-hybridized carbons (Fsp3) is 0.410. The van der Waals surface area contributed by atoms with Gasteiger partial charge in [0.05, 0.1) is 48.4 Å². The molecule has 2 N–H and O–H groups in total. The Labute approximate surface area is 307 Å². The van der Waals surface area contributed by atoms with Gasteiger partial charge >= 0.3 is 0 Å². The third kappa shape index (κ3) is 6.22. The van der Waals surface area contributed by atoms with Crippen LogP contribution in [0.3, 0.4) is 0 Å². The van der Waals surface area contributed by atoms with E-state index in [1.54, 1.807) is 21.1 Å². The van der Waals surface area contributed by atoms with Crippen molar-refractivity contribution < 1.29 is 23.8 Å². The van der Waals surface area contributed by atoms with Crippen molar-refractivity contribution in [3.63, 3.8) is 0 Å². The summed E-state index contributed by atoms with van der Waals surface area (Å²) in [5.74, 6) is 1.91. The summed E-state index contributed by atoms with van der Waals surface area (Å²) in [6.45, 7) is 8.94. The molecule has 2 aromatic heterocycles. The highest BCUT2D eigenvalue weighted by Gasteiger charge is 2.52. The second-order valence-electron chi connectivity index (χ2n) is 14.4. The molecule has 3 fully saturated rings. The van der Waals surface area contributed by atoms with E-state index in [9.17, 15) is 9.59 Å². The number of aromatic nitrogens is 3. The van der Waals surface area contributed by atoms with Gasteiger partial charge in [0.1, 0.15) is 18.1 Å². The van der Waals surface area contributed by atoms with Crippen LogP contribution in [0.15, 0.2) is 48.7 Å². The number of halogens is 1. The first-order valence-corrected chi connectivity index (χ1v) is 18.0. The number of carbonyl (C=O) groups excluding carboxylic acids is 2. The number of likely N-dealkylation sites (tertiary alicyclic amines) is 2. The van der Waals surface area contributed by atoms with Gasteiger partial charge in [-0.05, 0) is 24.5 Å². The molecule has 4 aromatic rings. The maximum atomic E-state index is 11.7. The third-order valence-corrected chi connectivity index (χ3v) is 11.2. The Morgan fingerprint density at radius 3 is 2.44 bits per heavy atom. The summed E-state index contributed by atoms with van der Waals surface area (Å²) >= 11 is 7.21. The fourth-order valence-corrected chi connectivity index (χ4v) is 8.45. The van der Waals surface area contributed by atoms with Gasteiger partial charge in [-0.3, -0.25) is 19.5 Å². The molecule has 4 aliphatic heterocycles. The number of hydrogen-bond acceptors (Lipinski definition) is 10. The van der Waals surface area contributed by atoms with Crippen LogP contribution in [0.1, 0.15) is 42.6 Å². The highest BCUT2D eigenvalue weighted by atomic mass is 35.5. The van der Waals surface area contributed by atoms with Gasteiger partial charge in [-0.1, -0.05) is 48.0 Å². The summed E-state index contributed by atoms with van der Waals surface area (Å²) in [6, 6.07) is 13.9. The minimum absolute atomic E-state index is 0.0908. The van der Waals surface area contributed by atoms with Gasteiger partial charge in [0, 0.05) is 86.8 Å². The first-order chi connectivity index (χ1) is 25.1. The monoisotopic (exact) mass is 723 g/mol. The number of ether oxygens (including phenoxy) is 3. The lowest BCUT2D eigenvalue weighted by atomic mass is 9.73. The molecular formula is C39H42ClN7O5. The van der Waals surface area contributed by atoms with E-state index in [0.29, 0.717) is 60.0 Å². The van der Waals surface area contributed by atoms with E-state index in [2.05, 4.69) is 28.5 Å². The molecule has 0 radical (unpaired) electrons. The van der Waals surface area contributed by atoms with E-state index in [4.69, 9.17) is 40.8 Å². The van der Waals surface area contributed by atoms with Crippen LogP contribution < -0.4 is 24.8 Å². The average Bonchev–Trinajstić information content (AvgIpc) is 3.73. The van der Waals surface area contributed by atoms with Crippen LogP contribution in [0.25, 0.3) is 33.6 Å². The number of rotatable bonds is 10. The largest absolute Gasteiger partial charge is 0.491 e. The second-order valence-corrected chi connectivity index (χ2v) is 14.8. The lowest BCUT2D eigenvalue weighted by Crippen LogP contribution is -2.72. The average molecular weight is 724 g/mol. The molecule has 270 valence electrons. The van der Waals surface area contributed by atoms with Crippen LogP contribution >= 0.6 is 11.6 Å². The number of carbonyl (C=O) groups is 2. The van der Waals surface area contributed by atoms with Crippen molar-refractivity contribution in [1.29, 1.82) is 0 Å². The van der Waals surface area contributed by atoms with Crippen molar-refractivity contribution in [2.75, 3.05) is 53.6 Å². The zero-order chi connectivity index (χ0) is 36.1. The molecule has 12 nitrogen and oxygen atoms in total. The van der Waals surface area contributed by atoms with Gasteiger partial charge in [-0.25, -0.2) is 9.97 Å². The summed E-state index contributed by atoms with van der Waals surface area (Å²) in [5.41, 5.74) is 7.75. The number of amides is 2. The smallest absolute Gasteiger partial charge is 0.237 e. The van der Waals surface area contributed by atoms with E-state index in [0.717, 1.165) is 71.7 Å². The van der Waals surface area contributed by atoms with Crippen molar-refractivity contribution in [1.82, 2.24) is 35.4 Å². The first-order valence-electron chi connectivity index (χ1n) is 17.7.